The molecule has 1 aliphatic carbocycles. The number of amides is 3. The van der Waals surface area contributed by atoms with E-state index in [9.17, 15) is 19.6 Å². The molecular weight excluding hydrogens is 874 g/mol. The summed E-state index contributed by atoms with van der Waals surface area (Å²) >= 11 is 0. The molecule has 3 unspecified atom stereocenters. The minimum Gasteiger partial charge on any atom is -0.495 e. The second-order valence-electron chi connectivity index (χ2n) is 19.3. The molecule has 68 heavy (non-hydrogen) atoms. The third-order valence-corrected chi connectivity index (χ3v) is 13.8. The number of imide groups is 1. The molecule has 0 radical (unpaired) electrons. The summed E-state index contributed by atoms with van der Waals surface area (Å²) < 4.78 is 36.6. The van der Waals surface area contributed by atoms with Crippen molar-refractivity contribution in [1.82, 2.24) is 44.5 Å². The number of anilines is 3. The number of nitrogens with one attached hydrogen (secondary N) is 2. The maximum absolute atomic E-state index is 15.6. The van der Waals surface area contributed by atoms with Crippen LogP contribution in [0.1, 0.15) is 70.9 Å². The second-order valence-corrected chi connectivity index (χ2v) is 19.3. The molecule has 5 aliphatic rings. The quantitative estimate of drug-likeness (QED) is 0.187. The fourth-order valence-electron chi connectivity index (χ4n) is 10.4. The molecule has 19 nitrogen and oxygen atoms in total. The lowest BCUT2D eigenvalue weighted by atomic mass is 9.90. The minimum atomic E-state index is -0.649. The van der Waals surface area contributed by atoms with Gasteiger partial charge >= 0.3 is 6.09 Å². The van der Waals surface area contributed by atoms with Crippen LogP contribution in [0, 0.1) is 17.1 Å². The standard InChI is InChI=1S/C48H56FN13O6/c1-48(2,3)68-47(65)62-34-24-59(25-35(62)28-67-27-34)42-11-5-29(20-51-42)44-45-30(19-50)21-53-61(45)26-39(55-44)31-22-52-60(23-31)33-8-6-32(7-9-33)57-13-15-58(16-14-57)40-18-41(66-4)38(17-36(40)49)54-37-10-12-43(63)56-46(37)64/h5,11,17-18,20-23,26,32-35,37,54H,6-10,12-16,24-25,27-28H2,1-4H3,(H,56,63,64)/t32-,33-,34?,35?,37?. The first-order valence-electron chi connectivity index (χ1n) is 23.4. The number of halogens is 1. The number of piperazine rings is 2. The summed E-state index contributed by atoms with van der Waals surface area (Å²) in [6, 6.07) is 8.90. The van der Waals surface area contributed by atoms with E-state index in [4.69, 9.17) is 29.3 Å². The lowest BCUT2D eigenvalue weighted by molar-refractivity contribution is -0.133. The zero-order valence-corrected chi connectivity index (χ0v) is 38.7. The second kappa shape index (κ2) is 18.3. The maximum atomic E-state index is 15.6. The largest absolute Gasteiger partial charge is 0.495 e. The lowest BCUT2D eigenvalue weighted by Crippen LogP contribution is -2.66. The lowest BCUT2D eigenvalue weighted by Gasteiger charge is -2.49. The summed E-state index contributed by atoms with van der Waals surface area (Å²) in [6.45, 7) is 10.5. The van der Waals surface area contributed by atoms with Crippen LogP contribution in [0.5, 0.6) is 5.75 Å². The van der Waals surface area contributed by atoms with E-state index in [1.807, 2.05) is 66.0 Å². The number of piperidine rings is 1. The molecule has 4 aliphatic heterocycles. The highest BCUT2D eigenvalue weighted by molar-refractivity contribution is 6.01. The van der Waals surface area contributed by atoms with Crippen molar-refractivity contribution in [1.29, 1.82) is 5.26 Å². The summed E-state index contributed by atoms with van der Waals surface area (Å²) in [5.74, 6) is 0.0719. The molecule has 5 aromatic rings. The van der Waals surface area contributed by atoms with E-state index in [1.165, 1.54) is 13.2 Å². The van der Waals surface area contributed by atoms with Gasteiger partial charge in [-0.05, 0) is 65.0 Å². The number of carbonyl (C=O) groups is 3. The van der Waals surface area contributed by atoms with Gasteiger partial charge < -0.3 is 29.3 Å². The summed E-state index contributed by atoms with van der Waals surface area (Å²) in [5, 5.41) is 24.8. The molecule has 3 amide bonds. The topological polar surface area (TPSA) is 201 Å². The van der Waals surface area contributed by atoms with Crippen LogP contribution in [0.2, 0.25) is 0 Å². The van der Waals surface area contributed by atoms with Gasteiger partial charge in [0.15, 0.2) is 0 Å². The zero-order valence-electron chi connectivity index (χ0n) is 38.7. The van der Waals surface area contributed by atoms with Crippen LogP contribution in [0.3, 0.4) is 0 Å². The number of hydrogen-bond donors (Lipinski definition) is 2. The van der Waals surface area contributed by atoms with Gasteiger partial charge in [-0.3, -0.25) is 29.4 Å². The van der Waals surface area contributed by atoms with Gasteiger partial charge in [-0.15, -0.1) is 0 Å². The van der Waals surface area contributed by atoms with E-state index in [0.717, 1.165) is 55.7 Å². The smallest absolute Gasteiger partial charge is 0.411 e. The van der Waals surface area contributed by atoms with Crippen molar-refractivity contribution < 1.29 is 33.0 Å². The predicted octanol–water partition coefficient (Wildman–Crippen LogP) is 5.02. The molecule has 20 heteroatoms. The third-order valence-electron chi connectivity index (χ3n) is 13.8. The summed E-state index contributed by atoms with van der Waals surface area (Å²) in [6.07, 6.45) is 13.2. The van der Waals surface area contributed by atoms with E-state index >= 15 is 4.39 Å². The summed E-state index contributed by atoms with van der Waals surface area (Å²) in [5.41, 5.74) is 4.08. The molecule has 2 N–H and O–H groups in total. The highest BCUT2D eigenvalue weighted by Crippen LogP contribution is 2.37. The van der Waals surface area contributed by atoms with Gasteiger partial charge in [0.2, 0.25) is 11.8 Å². The number of pyridine rings is 1. The molecule has 2 bridgehead atoms. The van der Waals surface area contributed by atoms with E-state index < -0.39 is 23.4 Å². The highest BCUT2D eigenvalue weighted by atomic mass is 19.1. The zero-order chi connectivity index (χ0) is 47.3. The first-order chi connectivity index (χ1) is 32.8. The van der Waals surface area contributed by atoms with Gasteiger partial charge in [-0.25, -0.2) is 23.7 Å². The Kier molecular flexibility index (Phi) is 12.1. The fourth-order valence-corrected chi connectivity index (χ4v) is 10.4. The van der Waals surface area contributed by atoms with Crippen LogP contribution in [0.4, 0.5) is 26.4 Å². The van der Waals surface area contributed by atoms with Gasteiger partial charge in [-0.2, -0.15) is 15.5 Å². The Morgan fingerprint density at radius 1 is 0.912 bits per heavy atom. The molecule has 8 heterocycles. The van der Waals surface area contributed by atoms with Crippen molar-refractivity contribution in [2.75, 3.05) is 74.7 Å². The van der Waals surface area contributed by atoms with Crippen molar-refractivity contribution >= 4 is 40.6 Å². The first-order valence-corrected chi connectivity index (χ1v) is 23.4. The SMILES string of the molecule is COc1cc(N2CCN([C@H]3CC[C@H](n4cc(-c5cn6ncc(C#N)c6c(-c6ccc(N7CC8COCC(C7)N8C(=O)OC(C)(C)C)nc6)n5)cn4)CC3)CC2)c(F)cc1NC1CCC(=O)NC1=O. The number of rotatable bonds is 9. The number of aromatic nitrogens is 6. The number of nitriles is 1. The van der Waals surface area contributed by atoms with Gasteiger partial charge in [0.05, 0.1) is 79.8 Å². The molecular formula is C48H56FN13O6. The van der Waals surface area contributed by atoms with Gasteiger partial charge in [-0.1, -0.05) is 0 Å². The Hall–Kier alpha value is -6.85. The molecule has 356 valence electrons. The van der Waals surface area contributed by atoms with Crippen molar-refractivity contribution in [3.63, 3.8) is 0 Å². The number of methoxy groups -OCH3 is 1. The Morgan fingerprint density at radius 2 is 1.66 bits per heavy atom. The van der Waals surface area contributed by atoms with E-state index in [2.05, 4.69) is 31.6 Å². The van der Waals surface area contributed by atoms with Gasteiger partial charge in [0.25, 0.3) is 0 Å². The van der Waals surface area contributed by atoms with E-state index in [0.29, 0.717) is 91.4 Å². The highest BCUT2D eigenvalue weighted by Gasteiger charge is 2.43. The molecule has 1 saturated carbocycles. The summed E-state index contributed by atoms with van der Waals surface area (Å²) in [7, 11) is 1.52. The summed E-state index contributed by atoms with van der Waals surface area (Å²) in [4.78, 5) is 55.6. The molecule has 4 aromatic heterocycles. The minimum absolute atomic E-state index is 0.171. The molecule has 3 atom stereocenters. The van der Waals surface area contributed by atoms with Crippen LogP contribution >= 0.6 is 0 Å². The maximum Gasteiger partial charge on any atom is 0.411 e. The Balaban J connectivity index is 0.775. The predicted molar refractivity (Wildman–Crippen MR) is 249 cm³/mol. The van der Waals surface area contributed by atoms with Crippen LogP contribution in [-0.4, -0.2) is 146 Å². The Morgan fingerprint density at radius 3 is 2.34 bits per heavy atom. The number of carbonyl (C=O) groups excluding carboxylic acids is 3. The first kappa shape index (κ1) is 45.0. The van der Waals surface area contributed by atoms with Crippen molar-refractivity contribution in [2.24, 2.45) is 0 Å². The van der Waals surface area contributed by atoms with Crippen LogP contribution in [0.25, 0.3) is 28.0 Å². The fraction of sp³-hybridized carbons (Fsp3) is 0.500. The number of fused-ring (bicyclic) bond motifs is 3. The average Bonchev–Trinajstić information content (AvgIpc) is 4.00. The number of ether oxygens (including phenoxy) is 3. The molecule has 10 rings (SSSR count). The van der Waals surface area contributed by atoms with E-state index in [1.54, 1.807) is 23.0 Å². The molecule has 4 saturated heterocycles. The number of hydrogen-bond acceptors (Lipinski definition) is 15. The van der Waals surface area contributed by atoms with Crippen LogP contribution in [0.15, 0.2) is 55.2 Å². The number of morpholine rings is 1. The number of benzene rings is 1. The Labute approximate surface area is 393 Å². The third kappa shape index (κ3) is 8.99. The van der Waals surface area contributed by atoms with Crippen molar-refractivity contribution in [3.05, 3.63) is 66.6 Å². The number of nitrogens with zero attached hydrogens (tertiary/aromatic N) is 11. The monoisotopic (exact) mass is 929 g/mol. The molecule has 0 spiro atoms. The molecule has 5 fully saturated rings. The normalized spacial score (nSPS) is 23.6. The van der Waals surface area contributed by atoms with Gasteiger partial charge in [0, 0.05) is 87.4 Å². The van der Waals surface area contributed by atoms with Gasteiger partial charge in [0.1, 0.15) is 46.2 Å². The van der Waals surface area contributed by atoms with Crippen molar-refractivity contribution in [2.45, 2.75) is 95.1 Å². The average molecular weight is 930 g/mol. The van der Waals surface area contributed by atoms with Crippen LogP contribution in [-0.2, 0) is 19.1 Å². The van der Waals surface area contributed by atoms with E-state index in [-0.39, 0.29) is 36.5 Å². The molecule has 1 aromatic carbocycles. The Bertz CT molecular complexity index is 2740. The van der Waals surface area contributed by atoms with Crippen molar-refractivity contribution in [3.8, 4) is 34.3 Å². The van der Waals surface area contributed by atoms with Crippen LogP contribution < -0.4 is 25.2 Å².